The topological polar surface area (TPSA) is 20.3 Å². The van der Waals surface area contributed by atoms with Crippen LogP contribution in [0, 0.1) is 16.2 Å². The Bertz CT molecular complexity index is 311. The highest BCUT2D eigenvalue weighted by atomic mass is 16.2. The van der Waals surface area contributed by atoms with Gasteiger partial charge in [-0.05, 0) is 35.5 Å². The first kappa shape index (κ1) is 16.5. The molecule has 0 radical (unpaired) electrons. The van der Waals surface area contributed by atoms with Crippen molar-refractivity contribution in [2.45, 2.75) is 74.1 Å². The molecular weight excluding hydrogens is 234 g/mol. The van der Waals surface area contributed by atoms with E-state index >= 15 is 0 Å². The van der Waals surface area contributed by atoms with Crippen LogP contribution in [0.2, 0.25) is 0 Å². The number of carbonyl (C=O) groups is 1. The average Bonchev–Trinajstić information content (AvgIpc) is 2.24. The minimum atomic E-state index is 0.255. The number of carbonyl (C=O) groups excluding carboxylic acids is 1. The Labute approximate surface area is 119 Å². The van der Waals surface area contributed by atoms with Gasteiger partial charge in [0, 0.05) is 19.5 Å². The summed E-state index contributed by atoms with van der Waals surface area (Å²) >= 11 is 0. The summed E-state index contributed by atoms with van der Waals surface area (Å²) in [6.07, 6.45) is 3.96. The standard InChI is InChI=1S/C17H33NO/c1-15(2,3)9-8-14(19)18-12-10-17(7,11-13-18)16(4,5)6/h8-13H2,1-7H3. The molecule has 1 rings (SSSR count). The Morgan fingerprint density at radius 1 is 1.05 bits per heavy atom. The van der Waals surface area contributed by atoms with Crippen LogP contribution in [-0.2, 0) is 4.79 Å². The maximum Gasteiger partial charge on any atom is 0.222 e. The second-order valence-corrected chi connectivity index (χ2v) is 8.75. The summed E-state index contributed by atoms with van der Waals surface area (Å²) in [5, 5.41) is 0. The fraction of sp³-hybridized carbons (Fsp3) is 0.941. The summed E-state index contributed by atoms with van der Waals surface area (Å²) in [5.41, 5.74) is 0.951. The fourth-order valence-electron chi connectivity index (χ4n) is 2.64. The molecule has 0 aromatic rings. The molecule has 0 N–H and O–H groups in total. The van der Waals surface area contributed by atoms with Crippen molar-refractivity contribution in [3.63, 3.8) is 0 Å². The van der Waals surface area contributed by atoms with E-state index in [4.69, 9.17) is 0 Å². The lowest BCUT2D eigenvalue weighted by Gasteiger charge is -2.48. The Hall–Kier alpha value is -0.530. The molecule has 1 saturated heterocycles. The van der Waals surface area contributed by atoms with Gasteiger partial charge in [0.2, 0.25) is 5.91 Å². The molecule has 1 aliphatic heterocycles. The van der Waals surface area contributed by atoms with Crippen LogP contribution in [0.3, 0.4) is 0 Å². The third-order valence-corrected chi connectivity index (χ3v) is 5.12. The number of nitrogens with zero attached hydrogens (tertiary/aromatic N) is 1. The number of hydrogen-bond donors (Lipinski definition) is 0. The fourth-order valence-corrected chi connectivity index (χ4v) is 2.64. The van der Waals surface area contributed by atoms with Crippen molar-refractivity contribution in [2.75, 3.05) is 13.1 Å². The number of rotatable bonds is 2. The molecule has 1 aliphatic rings. The highest BCUT2D eigenvalue weighted by Crippen LogP contribution is 2.46. The molecule has 1 fully saturated rings. The smallest absolute Gasteiger partial charge is 0.222 e. The van der Waals surface area contributed by atoms with Crippen LogP contribution < -0.4 is 0 Å². The van der Waals surface area contributed by atoms with Gasteiger partial charge < -0.3 is 4.90 Å². The molecule has 0 unspecified atom stereocenters. The summed E-state index contributed by atoms with van der Waals surface area (Å²) < 4.78 is 0. The molecule has 0 atom stereocenters. The molecule has 0 aromatic carbocycles. The average molecular weight is 267 g/mol. The molecule has 1 amide bonds. The van der Waals surface area contributed by atoms with E-state index in [9.17, 15) is 4.79 Å². The molecule has 2 heteroatoms. The van der Waals surface area contributed by atoms with Gasteiger partial charge in [0.25, 0.3) is 0 Å². The van der Waals surface area contributed by atoms with Crippen LogP contribution in [0.4, 0.5) is 0 Å². The van der Waals surface area contributed by atoms with Gasteiger partial charge >= 0.3 is 0 Å². The van der Waals surface area contributed by atoms with Crippen molar-refractivity contribution < 1.29 is 4.79 Å². The zero-order chi connectivity index (χ0) is 14.9. The SMILES string of the molecule is CC(C)(C)CCC(=O)N1CCC(C)(C(C)(C)C)CC1. The number of likely N-dealkylation sites (tertiary alicyclic amines) is 1. The monoisotopic (exact) mass is 267 g/mol. The molecule has 112 valence electrons. The molecule has 2 nitrogen and oxygen atoms in total. The van der Waals surface area contributed by atoms with Gasteiger partial charge in [-0.1, -0.05) is 48.5 Å². The van der Waals surface area contributed by atoms with E-state index in [0.717, 1.165) is 32.4 Å². The van der Waals surface area contributed by atoms with Gasteiger partial charge in [0.05, 0.1) is 0 Å². The van der Waals surface area contributed by atoms with E-state index in [2.05, 4.69) is 53.4 Å². The summed E-state index contributed by atoms with van der Waals surface area (Å²) in [6, 6.07) is 0. The molecule has 0 saturated carbocycles. The number of hydrogen-bond acceptors (Lipinski definition) is 1. The molecule has 0 spiro atoms. The van der Waals surface area contributed by atoms with Gasteiger partial charge in [0.15, 0.2) is 0 Å². The van der Waals surface area contributed by atoms with Gasteiger partial charge in [-0.3, -0.25) is 4.79 Å². The third-order valence-electron chi connectivity index (χ3n) is 5.12. The van der Waals surface area contributed by atoms with Crippen LogP contribution in [0.15, 0.2) is 0 Å². The van der Waals surface area contributed by atoms with Crippen molar-refractivity contribution >= 4 is 5.91 Å². The lowest BCUT2D eigenvalue weighted by molar-refractivity contribution is -0.135. The van der Waals surface area contributed by atoms with Crippen molar-refractivity contribution in [3.8, 4) is 0 Å². The maximum atomic E-state index is 12.2. The Balaban J connectivity index is 2.48. The van der Waals surface area contributed by atoms with Crippen molar-refractivity contribution in [2.24, 2.45) is 16.2 Å². The Morgan fingerprint density at radius 3 is 1.89 bits per heavy atom. The van der Waals surface area contributed by atoms with Crippen molar-refractivity contribution in [3.05, 3.63) is 0 Å². The molecule has 0 bridgehead atoms. The lowest BCUT2D eigenvalue weighted by Crippen LogP contribution is -2.47. The first-order valence-electron chi connectivity index (χ1n) is 7.72. The minimum Gasteiger partial charge on any atom is -0.343 e. The number of piperidine rings is 1. The highest BCUT2D eigenvalue weighted by Gasteiger charge is 2.40. The molecule has 19 heavy (non-hydrogen) atoms. The predicted octanol–water partition coefficient (Wildman–Crippen LogP) is 4.49. The van der Waals surface area contributed by atoms with Crippen molar-refractivity contribution in [1.29, 1.82) is 0 Å². The Morgan fingerprint density at radius 2 is 1.53 bits per heavy atom. The second-order valence-electron chi connectivity index (χ2n) is 8.75. The van der Waals surface area contributed by atoms with Crippen LogP contribution in [0.25, 0.3) is 0 Å². The highest BCUT2D eigenvalue weighted by molar-refractivity contribution is 5.76. The third kappa shape index (κ3) is 4.50. The molecule has 0 aliphatic carbocycles. The summed E-state index contributed by atoms with van der Waals surface area (Å²) in [7, 11) is 0. The van der Waals surface area contributed by atoms with Crippen LogP contribution in [-0.4, -0.2) is 23.9 Å². The first-order valence-corrected chi connectivity index (χ1v) is 7.72. The zero-order valence-electron chi connectivity index (χ0n) is 14.1. The van der Waals surface area contributed by atoms with E-state index in [0.29, 0.717) is 23.2 Å². The van der Waals surface area contributed by atoms with E-state index in [-0.39, 0.29) is 5.41 Å². The van der Waals surface area contributed by atoms with Crippen molar-refractivity contribution in [1.82, 2.24) is 4.90 Å². The van der Waals surface area contributed by atoms with Crippen LogP contribution in [0.1, 0.15) is 74.1 Å². The summed E-state index contributed by atoms with van der Waals surface area (Å²) in [6.45, 7) is 17.8. The van der Waals surface area contributed by atoms with Gasteiger partial charge in [-0.2, -0.15) is 0 Å². The largest absolute Gasteiger partial charge is 0.343 e. The maximum absolute atomic E-state index is 12.2. The van der Waals surface area contributed by atoms with Crippen LogP contribution in [0.5, 0.6) is 0 Å². The van der Waals surface area contributed by atoms with E-state index in [1.54, 1.807) is 0 Å². The van der Waals surface area contributed by atoms with E-state index in [1.165, 1.54) is 0 Å². The molecule has 0 aromatic heterocycles. The van der Waals surface area contributed by atoms with Gasteiger partial charge in [-0.15, -0.1) is 0 Å². The lowest BCUT2D eigenvalue weighted by atomic mass is 9.63. The van der Waals surface area contributed by atoms with Crippen LogP contribution >= 0.6 is 0 Å². The number of amides is 1. The first-order chi connectivity index (χ1) is 8.45. The quantitative estimate of drug-likeness (QED) is 0.722. The van der Waals surface area contributed by atoms with E-state index in [1.807, 2.05) is 0 Å². The minimum absolute atomic E-state index is 0.255. The normalized spacial score (nSPS) is 20.5. The second kappa shape index (κ2) is 5.46. The van der Waals surface area contributed by atoms with Gasteiger partial charge in [-0.25, -0.2) is 0 Å². The molecular formula is C17H33NO. The molecule has 1 heterocycles. The summed E-state index contributed by atoms with van der Waals surface area (Å²) in [5.74, 6) is 0.353. The van der Waals surface area contributed by atoms with E-state index < -0.39 is 0 Å². The Kier molecular flexibility index (Phi) is 4.75. The summed E-state index contributed by atoms with van der Waals surface area (Å²) in [4.78, 5) is 14.3. The zero-order valence-corrected chi connectivity index (χ0v) is 14.1. The van der Waals surface area contributed by atoms with Gasteiger partial charge in [0.1, 0.15) is 0 Å². The predicted molar refractivity (Wildman–Crippen MR) is 82.1 cm³/mol.